The summed E-state index contributed by atoms with van der Waals surface area (Å²) in [5.74, 6) is 0. The molecule has 0 heterocycles. The van der Waals surface area contributed by atoms with E-state index < -0.39 is 22.3 Å². The number of carbonyl (C=O) groups excluding carboxylic acids is 2. The van der Waals surface area contributed by atoms with Crippen molar-refractivity contribution in [2.45, 2.75) is 0 Å². The van der Waals surface area contributed by atoms with Crippen LogP contribution in [-0.2, 0) is 15.0 Å². The number of hydroxylamine groups is 1. The first-order chi connectivity index (χ1) is 6.32. The normalized spacial score (nSPS) is 10.2. The van der Waals surface area contributed by atoms with Crippen LogP contribution in [0.2, 0.25) is 0 Å². The average Bonchev–Trinajstić information content (AvgIpc) is 2.10. The highest BCUT2D eigenvalue weighted by Gasteiger charge is 2.27. The van der Waals surface area contributed by atoms with Crippen LogP contribution in [0.5, 0.6) is 0 Å². The Morgan fingerprint density at radius 3 is 2.07 bits per heavy atom. The van der Waals surface area contributed by atoms with Gasteiger partial charge in [-0.1, -0.05) is 0 Å². The third-order valence-corrected chi connectivity index (χ3v) is 1.68. The Balaban J connectivity index is 4.76. The molecule has 82 valence electrons. The quantitative estimate of drug-likeness (QED) is 0.449. The molecule has 4 N–H and O–H groups in total. The van der Waals surface area contributed by atoms with Gasteiger partial charge < -0.3 is 15.5 Å². The highest BCUT2D eigenvalue weighted by molar-refractivity contribution is 7.87. The van der Waals surface area contributed by atoms with Gasteiger partial charge in [0, 0.05) is 14.1 Å². The van der Waals surface area contributed by atoms with Gasteiger partial charge >= 0.3 is 22.3 Å². The van der Waals surface area contributed by atoms with Crippen molar-refractivity contribution < 1.29 is 22.8 Å². The molecule has 0 saturated carbocycles. The van der Waals surface area contributed by atoms with E-state index >= 15 is 0 Å². The van der Waals surface area contributed by atoms with Gasteiger partial charge in [-0.05, 0) is 4.47 Å². The minimum absolute atomic E-state index is 0.272. The Kier molecular flexibility index (Phi) is 4.11. The van der Waals surface area contributed by atoms with Crippen molar-refractivity contribution >= 4 is 22.3 Å². The fraction of sp³-hybridized carbons (Fsp3) is 0.500. The fourth-order valence-electron chi connectivity index (χ4n) is 0.421. The van der Waals surface area contributed by atoms with E-state index in [0.717, 1.165) is 7.05 Å². The summed E-state index contributed by atoms with van der Waals surface area (Å²) in [7, 11) is -2.11. The van der Waals surface area contributed by atoms with Crippen molar-refractivity contribution in [3.63, 3.8) is 0 Å². The van der Waals surface area contributed by atoms with Crippen LogP contribution in [0.15, 0.2) is 0 Å². The van der Waals surface area contributed by atoms with E-state index in [0.29, 0.717) is 0 Å². The van der Waals surface area contributed by atoms with Gasteiger partial charge in [0.15, 0.2) is 0 Å². The van der Waals surface area contributed by atoms with Crippen LogP contribution in [0.4, 0.5) is 9.59 Å². The smallest absolute Gasteiger partial charge is 0.338 e. The van der Waals surface area contributed by atoms with E-state index in [-0.39, 0.29) is 4.47 Å². The molecular formula is C4H10N4O5S. The van der Waals surface area contributed by atoms with Crippen molar-refractivity contribution in [2.75, 3.05) is 14.1 Å². The maximum atomic E-state index is 10.9. The van der Waals surface area contributed by atoms with Crippen LogP contribution in [0, 0.1) is 0 Å². The zero-order valence-electron chi connectivity index (χ0n) is 7.47. The van der Waals surface area contributed by atoms with Crippen molar-refractivity contribution in [1.29, 1.82) is 0 Å². The second-order valence-electron chi connectivity index (χ2n) is 1.96. The Morgan fingerprint density at radius 2 is 1.79 bits per heavy atom. The minimum Gasteiger partial charge on any atom is -0.338 e. The van der Waals surface area contributed by atoms with E-state index in [2.05, 4.69) is 9.98 Å². The summed E-state index contributed by atoms with van der Waals surface area (Å²) in [4.78, 5) is 25.6. The zero-order chi connectivity index (χ0) is 11.4. The molecule has 0 atom stereocenters. The Morgan fingerprint density at radius 1 is 1.29 bits per heavy atom. The summed E-state index contributed by atoms with van der Waals surface area (Å²) >= 11 is 0. The standard InChI is InChI=1S/C4H10N4O5S/c1-6-3(9)8(14(5,11)12)13-4(10)7-2/h1-2H3,(H,6,9)(H,7,10)(H2,5,11,12). The minimum atomic E-state index is -4.44. The predicted molar refractivity (Wildman–Crippen MR) is 44.9 cm³/mol. The van der Waals surface area contributed by atoms with Gasteiger partial charge in [-0.3, -0.25) is 0 Å². The molecule has 0 radical (unpaired) electrons. The molecule has 0 saturated heterocycles. The molecule has 3 amide bonds. The molecule has 0 aliphatic carbocycles. The molecule has 0 rings (SSSR count). The van der Waals surface area contributed by atoms with E-state index in [1.165, 1.54) is 7.05 Å². The number of amides is 3. The second kappa shape index (κ2) is 4.62. The van der Waals surface area contributed by atoms with Crippen molar-refractivity contribution in [3.8, 4) is 0 Å². The number of nitrogens with one attached hydrogen (secondary N) is 2. The third-order valence-electron chi connectivity index (χ3n) is 0.981. The van der Waals surface area contributed by atoms with Gasteiger partial charge in [0.05, 0.1) is 0 Å². The number of hydrogen-bond acceptors (Lipinski definition) is 5. The number of rotatable bonds is 1. The molecule has 9 nitrogen and oxygen atoms in total. The summed E-state index contributed by atoms with van der Waals surface area (Å²) in [5, 5.41) is 8.46. The molecule has 0 spiro atoms. The number of nitrogens with two attached hydrogens (primary N) is 1. The number of carbonyl (C=O) groups is 2. The molecule has 0 bridgehead atoms. The molecule has 0 fully saturated rings. The van der Waals surface area contributed by atoms with Gasteiger partial charge in [0.1, 0.15) is 0 Å². The maximum Gasteiger partial charge on any atom is 0.432 e. The molecule has 0 aliphatic rings. The van der Waals surface area contributed by atoms with Gasteiger partial charge in [-0.25, -0.2) is 14.7 Å². The third kappa shape index (κ3) is 3.45. The second-order valence-corrected chi connectivity index (χ2v) is 3.32. The maximum absolute atomic E-state index is 10.9. The zero-order valence-corrected chi connectivity index (χ0v) is 8.29. The molecule has 0 unspecified atom stereocenters. The van der Waals surface area contributed by atoms with Crippen molar-refractivity contribution in [2.24, 2.45) is 5.14 Å². The highest BCUT2D eigenvalue weighted by Crippen LogP contribution is 1.97. The Labute approximate surface area is 80.3 Å². The largest absolute Gasteiger partial charge is 0.432 e. The summed E-state index contributed by atoms with van der Waals surface area (Å²) in [6.07, 6.45) is -1.14. The molecule has 0 aromatic carbocycles. The molecule has 0 aromatic heterocycles. The lowest BCUT2D eigenvalue weighted by molar-refractivity contribution is 0.0118. The van der Waals surface area contributed by atoms with E-state index in [1.54, 1.807) is 0 Å². The molecule has 0 aromatic rings. The van der Waals surface area contributed by atoms with Crippen LogP contribution < -0.4 is 15.8 Å². The topological polar surface area (TPSA) is 131 Å². The average molecular weight is 226 g/mol. The summed E-state index contributed by atoms with van der Waals surface area (Å²) < 4.78 is 21.2. The first-order valence-corrected chi connectivity index (χ1v) is 4.77. The van der Waals surface area contributed by atoms with E-state index in [9.17, 15) is 18.0 Å². The summed E-state index contributed by atoms with van der Waals surface area (Å²) in [5.41, 5.74) is 0. The molecule has 10 heteroatoms. The molecule has 14 heavy (non-hydrogen) atoms. The SMILES string of the molecule is CNC(=O)ON(C(=O)NC)S(N)(=O)=O. The lowest BCUT2D eigenvalue weighted by atomic mass is 11.0. The van der Waals surface area contributed by atoms with Crippen LogP contribution in [0.3, 0.4) is 0 Å². The Hall–Kier alpha value is -1.55. The fourth-order valence-corrected chi connectivity index (χ4v) is 0.915. The van der Waals surface area contributed by atoms with Crippen molar-refractivity contribution in [1.82, 2.24) is 15.1 Å². The number of hydrogen-bond donors (Lipinski definition) is 3. The lowest BCUT2D eigenvalue weighted by Crippen LogP contribution is -2.47. The summed E-state index contributed by atoms with van der Waals surface area (Å²) in [6, 6.07) is -1.18. The van der Waals surface area contributed by atoms with Gasteiger partial charge in [0.25, 0.3) is 0 Å². The van der Waals surface area contributed by atoms with Crippen molar-refractivity contribution in [3.05, 3.63) is 0 Å². The van der Waals surface area contributed by atoms with Gasteiger partial charge in [0.2, 0.25) is 0 Å². The van der Waals surface area contributed by atoms with Gasteiger partial charge in [-0.2, -0.15) is 8.42 Å². The first-order valence-electron chi connectivity index (χ1n) is 3.27. The Bertz CT molecular complexity index is 325. The lowest BCUT2D eigenvalue weighted by Gasteiger charge is -2.16. The monoisotopic (exact) mass is 226 g/mol. The number of urea groups is 1. The first kappa shape index (κ1) is 12.4. The summed E-state index contributed by atoms with van der Waals surface area (Å²) in [6.45, 7) is 0. The van der Waals surface area contributed by atoms with Crippen LogP contribution >= 0.6 is 0 Å². The van der Waals surface area contributed by atoms with Crippen LogP contribution in [0.1, 0.15) is 0 Å². The van der Waals surface area contributed by atoms with Crippen LogP contribution in [0.25, 0.3) is 0 Å². The van der Waals surface area contributed by atoms with E-state index in [1.807, 2.05) is 10.6 Å². The van der Waals surface area contributed by atoms with Gasteiger partial charge in [-0.15, -0.1) is 0 Å². The highest BCUT2D eigenvalue weighted by atomic mass is 32.2. The van der Waals surface area contributed by atoms with E-state index in [4.69, 9.17) is 0 Å². The number of nitrogens with zero attached hydrogens (tertiary/aromatic N) is 1. The van der Waals surface area contributed by atoms with Crippen LogP contribution in [-0.4, -0.2) is 39.1 Å². The molecular weight excluding hydrogens is 216 g/mol. The predicted octanol–water partition coefficient (Wildman–Crippen LogP) is -1.90. The molecule has 0 aliphatic heterocycles.